The third kappa shape index (κ3) is 3.20. The zero-order valence-corrected chi connectivity index (χ0v) is 15.8. The first-order valence-electron chi connectivity index (χ1n) is 9.73. The van der Waals surface area contributed by atoms with Crippen LogP contribution < -0.4 is 0 Å². The maximum atomic E-state index is 4.93. The van der Waals surface area contributed by atoms with Crippen LogP contribution in [0.25, 0.3) is 16.8 Å². The molecule has 0 spiro atoms. The van der Waals surface area contributed by atoms with Gasteiger partial charge in [0.25, 0.3) is 0 Å². The molecule has 1 aliphatic rings. The standard InChI is InChI=1S/C21H30N4/c1-21(2,3)19-16-25-18-11-6-5-10-17(18)22-20(25)24(19)15-9-14-23-12-7-4-8-13-23/h5-6,10-11,16H,4,7-9,12-15H2,1-3H3. The van der Waals surface area contributed by atoms with E-state index >= 15 is 0 Å². The molecule has 25 heavy (non-hydrogen) atoms. The van der Waals surface area contributed by atoms with E-state index in [4.69, 9.17) is 4.98 Å². The topological polar surface area (TPSA) is 25.5 Å². The predicted molar refractivity (Wildman–Crippen MR) is 104 cm³/mol. The van der Waals surface area contributed by atoms with Gasteiger partial charge in [0.1, 0.15) is 0 Å². The maximum Gasteiger partial charge on any atom is 0.215 e. The van der Waals surface area contributed by atoms with Crippen molar-refractivity contribution in [2.75, 3.05) is 19.6 Å². The van der Waals surface area contributed by atoms with Crippen LogP contribution in [0.15, 0.2) is 30.5 Å². The molecule has 4 rings (SSSR count). The van der Waals surface area contributed by atoms with E-state index in [-0.39, 0.29) is 5.41 Å². The van der Waals surface area contributed by atoms with Gasteiger partial charge in [0.05, 0.1) is 11.0 Å². The van der Waals surface area contributed by atoms with E-state index in [2.05, 4.69) is 65.1 Å². The van der Waals surface area contributed by atoms with E-state index in [0.717, 1.165) is 17.8 Å². The molecule has 1 fully saturated rings. The summed E-state index contributed by atoms with van der Waals surface area (Å²) in [5, 5.41) is 0. The second kappa shape index (κ2) is 6.49. The Morgan fingerprint density at radius 3 is 2.52 bits per heavy atom. The van der Waals surface area contributed by atoms with Crippen LogP contribution in [0.1, 0.15) is 52.1 Å². The highest BCUT2D eigenvalue weighted by atomic mass is 15.2. The molecule has 0 amide bonds. The van der Waals surface area contributed by atoms with Gasteiger partial charge in [-0.3, -0.25) is 4.40 Å². The number of fused-ring (bicyclic) bond motifs is 3. The summed E-state index contributed by atoms with van der Waals surface area (Å²) >= 11 is 0. The molecule has 1 aromatic carbocycles. The van der Waals surface area contributed by atoms with Crippen LogP contribution in [-0.4, -0.2) is 38.5 Å². The van der Waals surface area contributed by atoms with E-state index in [1.54, 1.807) is 0 Å². The highest BCUT2D eigenvalue weighted by molar-refractivity contribution is 5.79. The lowest BCUT2D eigenvalue weighted by Gasteiger charge is -2.27. The number of aryl methyl sites for hydroxylation is 1. The van der Waals surface area contributed by atoms with Gasteiger partial charge >= 0.3 is 0 Å². The molecule has 0 aliphatic carbocycles. The van der Waals surface area contributed by atoms with E-state index in [1.165, 1.54) is 56.5 Å². The van der Waals surface area contributed by atoms with Crippen molar-refractivity contribution in [2.45, 2.75) is 58.4 Å². The molecular weight excluding hydrogens is 308 g/mol. The summed E-state index contributed by atoms with van der Waals surface area (Å²) in [7, 11) is 0. The second-order valence-corrected chi connectivity index (χ2v) is 8.44. The van der Waals surface area contributed by atoms with Crippen LogP contribution in [0.5, 0.6) is 0 Å². The van der Waals surface area contributed by atoms with Gasteiger partial charge in [-0.1, -0.05) is 39.3 Å². The maximum absolute atomic E-state index is 4.93. The van der Waals surface area contributed by atoms with E-state index in [0.29, 0.717) is 0 Å². The minimum atomic E-state index is 0.118. The zero-order valence-electron chi connectivity index (χ0n) is 15.8. The number of nitrogens with zero attached hydrogens (tertiary/aromatic N) is 4. The van der Waals surface area contributed by atoms with Crippen LogP contribution in [-0.2, 0) is 12.0 Å². The van der Waals surface area contributed by atoms with Crippen molar-refractivity contribution in [2.24, 2.45) is 0 Å². The predicted octanol–water partition coefficient (Wildman–Crippen LogP) is 4.46. The number of piperidine rings is 1. The van der Waals surface area contributed by atoms with E-state index in [1.807, 2.05) is 0 Å². The van der Waals surface area contributed by atoms with Gasteiger partial charge in [0.2, 0.25) is 5.78 Å². The number of hydrogen-bond donors (Lipinski definition) is 0. The Morgan fingerprint density at radius 2 is 1.76 bits per heavy atom. The van der Waals surface area contributed by atoms with Gasteiger partial charge < -0.3 is 9.47 Å². The molecule has 0 bridgehead atoms. The van der Waals surface area contributed by atoms with Crippen LogP contribution in [0.3, 0.4) is 0 Å². The largest absolute Gasteiger partial charge is 0.313 e. The summed E-state index contributed by atoms with van der Waals surface area (Å²) < 4.78 is 4.72. The van der Waals surface area contributed by atoms with Crippen molar-refractivity contribution in [1.82, 2.24) is 18.9 Å². The average Bonchev–Trinajstić information content (AvgIpc) is 3.12. The van der Waals surface area contributed by atoms with Gasteiger partial charge in [0.15, 0.2) is 0 Å². The molecule has 1 aliphatic heterocycles. The molecule has 0 radical (unpaired) electrons. The summed E-state index contributed by atoms with van der Waals surface area (Å²) in [6, 6.07) is 8.44. The quantitative estimate of drug-likeness (QED) is 0.702. The zero-order chi connectivity index (χ0) is 17.4. The van der Waals surface area contributed by atoms with Gasteiger partial charge in [-0.25, -0.2) is 4.98 Å². The Bertz CT molecular complexity index is 859. The number of rotatable bonds is 4. The fraction of sp³-hybridized carbons (Fsp3) is 0.571. The molecule has 3 heterocycles. The van der Waals surface area contributed by atoms with Crippen molar-refractivity contribution in [1.29, 1.82) is 0 Å². The number of para-hydroxylation sites is 2. The van der Waals surface area contributed by atoms with Crippen molar-refractivity contribution in [3.8, 4) is 0 Å². The minimum Gasteiger partial charge on any atom is -0.313 e. The third-order valence-corrected chi connectivity index (χ3v) is 5.43. The van der Waals surface area contributed by atoms with Crippen molar-refractivity contribution in [3.05, 3.63) is 36.2 Å². The molecule has 4 heteroatoms. The molecule has 0 saturated carbocycles. The lowest BCUT2D eigenvalue weighted by Crippen LogP contribution is -2.31. The third-order valence-electron chi connectivity index (χ3n) is 5.43. The molecule has 4 nitrogen and oxygen atoms in total. The number of benzene rings is 1. The Labute approximate surface area is 150 Å². The molecule has 2 aromatic heterocycles. The summed E-state index contributed by atoms with van der Waals surface area (Å²) in [6.07, 6.45) is 7.63. The molecule has 0 unspecified atom stereocenters. The molecule has 3 aromatic rings. The number of imidazole rings is 2. The molecular formula is C21H30N4. The Balaban J connectivity index is 1.64. The van der Waals surface area contributed by atoms with Crippen molar-refractivity contribution < 1.29 is 0 Å². The fourth-order valence-corrected chi connectivity index (χ4v) is 4.10. The van der Waals surface area contributed by atoms with E-state index < -0.39 is 0 Å². The molecule has 134 valence electrons. The lowest BCUT2D eigenvalue weighted by atomic mass is 9.92. The average molecular weight is 338 g/mol. The number of likely N-dealkylation sites (tertiary alicyclic amines) is 1. The number of aromatic nitrogens is 3. The van der Waals surface area contributed by atoms with Crippen molar-refractivity contribution in [3.63, 3.8) is 0 Å². The molecule has 0 N–H and O–H groups in total. The fourth-order valence-electron chi connectivity index (χ4n) is 4.10. The van der Waals surface area contributed by atoms with E-state index in [9.17, 15) is 0 Å². The van der Waals surface area contributed by atoms with Crippen molar-refractivity contribution >= 4 is 16.8 Å². The summed E-state index contributed by atoms with van der Waals surface area (Å²) in [6.45, 7) is 11.7. The van der Waals surface area contributed by atoms with Crippen LogP contribution in [0.2, 0.25) is 0 Å². The summed E-state index contributed by atoms with van der Waals surface area (Å²) in [5.41, 5.74) is 3.78. The minimum absolute atomic E-state index is 0.118. The van der Waals surface area contributed by atoms with Crippen LogP contribution in [0, 0.1) is 0 Å². The number of hydrogen-bond acceptors (Lipinski definition) is 2. The van der Waals surface area contributed by atoms with Gasteiger partial charge in [-0.2, -0.15) is 0 Å². The summed E-state index contributed by atoms with van der Waals surface area (Å²) in [4.78, 5) is 7.56. The molecule has 1 saturated heterocycles. The first-order chi connectivity index (χ1) is 12.0. The SMILES string of the molecule is CC(C)(C)c1cn2c3ccccc3nc2n1CCCN1CCCCC1. The lowest BCUT2D eigenvalue weighted by molar-refractivity contribution is 0.222. The Morgan fingerprint density at radius 1 is 1.00 bits per heavy atom. The summed E-state index contributed by atoms with van der Waals surface area (Å²) in [5.74, 6) is 1.09. The first-order valence-corrected chi connectivity index (χ1v) is 9.73. The molecule has 0 atom stereocenters. The second-order valence-electron chi connectivity index (χ2n) is 8.44. The highest BCUT2D eigenvalue weighted by Crippen LogP contribution is 2.28. The van der Waals surface area contributed by atoms with Crippen LogP contribution in [0.4, 0.5) is 0 Å². The monoisotopic (exact) mass is 338 g/mol. The smallest absolute Gasteiger partial charge is 0.215 e. The van der Waals surface area contributed by atoms with Gasteiger partial charge in [-0.15, -0.1) is 0 Å². The van der Waals surface area contributed by atoms with Gasteiger partial charge in [-0.05, 0) is 51.0 Å². The van der Waals surface area contributed by atoms with Gasteiger partial charge in [0, 0.05) is 23.9 Å². The Hall–Kier alpha value is -1.81. The Kier molecular flexibility index (Phi) is 4.32. The first kappa shape index (κ1) is 16.6. The normalized spacial score (nSPS) is 16.9. The van der Waals surface area contributed by atoms with Crippen LogP contribution >= 0.6 is 0 Å². The highest BCUT2D eigenvalue weighted by Gasteiger charge is 2.23.